The molecule has 2 fully saturated rings. The third-order valence-corrected chi connectivity index (χ3v) is 6.44. The van der Waals surface area contributed by atoms with Crippen LogP contribution in [0.4, 0.5) is 16.2 Å². The van der Waals surface area contributed by atoms with Crippen molar-refractivity contribution in [2.45, 2.75) is 26.7 Å². The van der Waals surface area contributed by atoms with Crippen LogP contribution in [0.3, 0.4) is 0 Å². The van der Waals surface area contributed by atoms with Crippen LogP contribution in [0, 0.1) is 31.0 Å². The quantitative estimate of drug-likeness (QED) is 0.775. The molecule has 1 aromatic heterocycles. The van der Waals surface area contributed by atoms with E-state index in [4.69, 9.17) is 5.73 Å². The van der Waals surface area contributed by atoms with Gasteiger partial charge < -0.3 is 20.6 Å². The van der Waals surface area contributed by atoms with E-state index in [1.165, 1.54) is 6.07 Å². The summed E-state index contributed by atoms with van der Waals surface area (Å²) < 4.78 is 14.4. The van der Waals surface area contributed by atoms with Crippen molar-refractivity contribution in [3.8, 4) is 0 Å². The molecule has 2 saturated heterocycles. The van der Waals surface area contributed by atoms with Gasteiger partial charge in [0.05, 0.1) is 5.41 Å². The lowest BCUT2D eigenvalue weighted by Crippen LogP contribution is -2.65. The summed E-state index contributed by atoms with van der Waals surface area (Å²) in [7, 11) is 0. The maximum absolute atomic E-state index is 14.4. The molecule has 0 radical (unpaired) electrons. The van der Waals surface area contributed by atoms with Gasteiger partial charge in [0, 0.05) is 50.0 Å². The van der Waals surface area contributed by atoms with E-state index in [-0.39, 0.29) is 30.2 Å². The third-order valence-electron chi connectivity index (χ3n) is 6.44. The number of nitrogens with two attached hydrogens (primary N) is 1. The molecule has 7 nitrogen and oxygen atoms in total. The van der Waals surface area contributed by atoms with Gasteiger partial charge in [0.1, 0.15) is 11.6 Å². The van der Waals surface area contributed by atoms with Crippen molar-refractivity contribution >= 4 is 17.7 Å². The van der Waals surface area contributed by atoms with E-state index in [0.717, 1.165) is 23.5 Å². The number of likely N-dealkylation sites (tertiary alicyclic amines) is 1. The smallest absolute Gasteiger partial charge is 0.232 e. The minimum absolute atomic E-state index is 0.0226. The van der Waals surface area contributed by atoms with Crippen LogP contribution in [-0.2, 0) is 11.2 Å². The van der Waals surface area contributed by atoms with E-state index < -0.39 is 5.41 Å². The molecule has 2 aliphatic rings. The lowest BCUT2D eigenvalue weighted by atomic mass is 9.73. The number of nitrogens with zero attached hydrogens (tertiary/aromatic N) is 4. The van der Waals surface area contributed by atoms with Gasteiger partial charge in [0.15, 0.2) is 0 Å². The highest BCUT2D eigenvalue weighted by atomic mass is 19.1. The summed E-state index contributed by atoms with van der Waals surface area (Å²) >= 11 is 0. The van der Waals surface area contributed by atoms with Crippen molar-refractivity contribution in [2.24, 2.45) is 11.3 Å². The van der Waals surface area contributed by atoms with Crippen LogP contribution in [0.25, 0.3) is 0 Å². The highest BCUT2D eigenvalue weighted by molar-refractivity contribution is 5.87. The summed E-state index contributed by atoms with van der Waals surface area (Å²) in [6.45, 7) is 5.96. The normalized spacial score (nSPS) is 20.3. The topological polar surface area (TPSA) is 95.6 Å². The fourth-order valence-electron chi connectivity index (χ4n) is 4.61. The van der Waals surface area contributed by atoms with Crippen molar-refractivity contribution in [3.63, 3.8) is 0 Å². The Bertz CT molecular complexity index is 961. The van der Waals surface area contributed by atoms with E-state index >= 15 is 0 Å². The maximum atomic E-state index is 14.4. The Kier molecular flexibility index (Phi) is 5.36. The first-order chi connectivity index (χ1) is 14.3. The largest absolute Gasteiger partial charge is 0.396 e. The number of carbonyl (C=O) groups is 1. The van der Waals surface area contributed by atoms with Gasteiger partial charge in [-0.2, -0.15) is 4.98 Å². The molecule has 8 heteroatoms. The Hall–Kier alpha value is -2.74. The number of aliphatic hydroxyl groups excluding tert-OH is 1. The number of carbonyl (C=O) groups excluding carboxylic acids is 1. The zero-order valence-corrected chi connectivity index (χ0v) is 17.4. The first kappa shape index (κ1) is 20.5. The Balaban J connectivity index is 1.62. The predicted octanol–water partition coefficient (Wildman–Crippen LogP) is 1.70. The molecule has 1 atom stereocenters. The number of rotatable bonds is 5. The molecule has 0 saturated carbocycles. The van der Waals surface area contributed by atoms with E-state index in [1.54, 1.807) is 18.2 Å². The second-order valence-corrected chi connectivity index (χ2v) is 8.61. The Morgan fingerprint density at radius 1 is 1.30 bits per heavy atom. The van der Waals surface area contributed by atoms with Gasteiger partial charge in [0.2, 0.25) is 11.9 Å². The molecule has 1 aromatic carbocycles. The van der Waals surface area contributed by atoms with Crippen LogP contribution in [0.2, 0.25) is 0 Å². The highest BCUT2D eigenvalue weighted by Crippen LogP contribution is 2.41. The van der Waals surface area contributed by atoms with Gasteiger partial charge in [-0.3, -0.25) is 4.79 Å². The second kappa shape index (κ2) is 7.83. The fraction of sp³-hybridized carbons (Fsp3) is 0.500. The van der Waals surface area contributed by atoms with Gasteiger partial charge in [-0.15, -0.1) is 0 Å². The van der Waals surface area contributed by atoms with Crippen LogP contribution >= 0.6 is 0 Å². The lowest BCUT2D eigenvalue weighted by molar-refractivity contribution is -0.143. The Morgan fingerprint density at radius 2 is 2.03 bits per heavy atom. The van der Waals surface area contributed by atoms with Crippen LogP contribution in [0.5, 0.6) is 0 Å². The molecule has 1 amide bonds. The van der Waals surface area contributed by atoms with Gasteiger partial charge in [-0.05, 0) is 38.3 Å². The predicted molar refractivity (Wildman–Crippen MR) is 112 cm³/mol. The number of aryl methyl sites for hydroxylation is 1. The zero-order chi connectivity index (χ0) is 21.5. The number of aromatic nitrogens is 2. The molecule has 0 spiro atoms. The van der Waals surface area contributed by atoms with Crippen LogP contribution < -0.4 is 10.6 Å². The molecule has 2 aromatic rings. The van der Waals surface area contributed by atoms with E-state index in [1.807, 2.05) is 23.6 Å². The summed E-state index contributed by atoms with van der Waals surface area (Å²) in [5, 5.41) is 9.46. The molecule has 30 heavy (non-hydrogen) atoms. The summed E-state index contributed by atoms with van der Waals surface area (Å²) in [4.78, 5) is 26.0. The highest BCUT2D eigenvalue weighted by Gasteiger charge is 2.52. The summed E-state index contributed by atoms with van der Waals surface area (Å²) in [5.74, 6) is 0.774. The average Bonchev–Trinajstić information content (AvgIpc) is 3.17. The fourth-order valence-corrected chi connectivity index (χ4v) is 4.61. The molecule has 3 N–H and O–H groups in total. The number of hydrogen-bond acceptors (Lipinski definition) is 6. The molecule has 2 aliphatic heterocycles. The molecule has 0 bridgehead atoms. The van der Waals surface area contributed by atoms with Crippen LogP contribution in [0.15, 0.2) is 24.3 Å². The molecular weight excluding hydrogens is 385 g/mol. The van der Waals surface area contributed by atoms with Crippen molar-refractivity contribution in [1.82, 2.24) is 14.9 Å². The first-order valence-corrected chi connectivity index (χ1v) is 10.3. The molecule has 4 rings (SSSR count). The summed E-state index contributed by atoms with van der Waals surface area (Å²) in [6, 6.07) is 6.62. The molecule has 0 aliphatic carbocycles. The second-order valence-electron chi connectivity index (χ2n) is 8.61. The van der Waals surface area contributed by atoms with Gasteiger partial charge in [-0.25, -0.2) is 9.37 Å². The van der Waals surface area contributed by atoms with Crippen LogP contribution in [0.1, 0.15) is 23.2 Å². The molecule has 160 valence electrons. The molecule has 1 unspecified atom stereocenters. The average molecular weight is 413 g/mol. The minimum Gasteiger partial charge on any atom is -0.396 e. The van der Waals surface area contributed by atoms with Crippen molar-refractivity contribution in [1.29, 1.82) is 0 Å². The number of benzene rings is 1. The van der Waals surface area contributed by atoms with Crippen molar-refractivity contribution in [2.75, 3.05) is 43.4 Å². The van der Waals surface area contributed by atoms with Crippen LogP contribution in [-0.4, -0.2) is 58.7 Å². The maximum Gasteiger partial charge on any atom is 0.232 e. The number of aliphatic hydroxyl groups is 1. The van der Waals surface area contributed by atoms with Gasteiger partial charge in [-0.1, -0.05) is 18.2 Å². The monoisotopic (exact) mass is 413 g/mol. The lowest BCUT2D eigenvalue weighted by Gasteiger charge is -2.51. The summed E-state index contributed by atoms with van der Waals surface area (Å²) in [5.41, 5.74) is 7.39. The molecule has 3 heterocycles. The summed E-state index contributed by atoms with van der Waals surface area (Å²) in [6.07, 6.45) is 1.12. The van der Waals surface area contributed by atoms with E-state index in [2.05, 4.69) is 9.97 Å². The Morgan fingerprint density at radius 3 is 2.70 bits per heavy atom. The number of amides is 1. The van der Waals surface area contributed by atoms with Crippen molar-refractivity contribution in [3.05, 3.63) is 46.9 Å². The third kappa shape index (κ3) is 3.60. The van der Waals surface area contributed by atoms with Crippen molar-refractivity contribution < 1.29 is 14.3 Å². The molecular formula is C22H28FN5O2. The number of nitrogen functional groups attached to an aromatic ring is 1. The minimum atomic E-state index is -0.730. The number of anilines is 2. The Labute approximate surface area is 175 Å². The van der Waals surface area contributed by atoms with Gasteiger partial charge in [0.25, 0.3) is 0 Å². The number of hydrogen-bond donors (Lipinski definition) is 2. The number of halogens is 1. The van der Waals surface area contributed by atoms with E-state index in [9.17, 15) is 14.3 Å². The van der Waals surface area contributed by atoms with Gasteiger partial charge >= 0.3 is 0 Å². The van der Waals surface area contributed by atoms with E-state index in [0.29, 0.717) is 38.2 Å². The first-order valence-electron chi connectivity index (χ1n) is 10.3. The standard InChI is InChI=1S/C22H28FN5O2/c1-14-15(2)25-21(24)26-19(14)28-12-22(13-28,9-17-5-3-4-6-18(17)23)20(30)27-8-7-16(10-27)11-29/h3-6,16,29H,7-13H2,1-2H3,(H2,24,25,26). The zero-order valence-electron chi connectivity index (χ0n) is 17.4. The SMILES string of the molecule is Cc1nc(N)nc(N2CC(Cc3ccccc3F)(C(=O)N3CCC(CO)C3)C2)c1C.